The summed E-state index contributed by atoms with van der Waals surface area (Å²) in [6, 6.07) is 32.8. The summed E-state index contributed by atoms with van der Waals surface area (Å²) in [5.74, 6) is 0. The third-order valence-electron chi connectivity index (χ3n) is 11.2. The van der Waals surface area contributed by atoms with E-state index >= 15 is 0 Å². The first-order chi connectivity index (χ1) is 20.6. The fraction of sp³-hybridized carbons (Fsp3) is 0.310. The number of aryl methyl sites for hydroxylation is 2. The van der Waals surface area contributed by atoms with Crippen molar-refractivity contribution in [3.05, 3.63) is 136 Å². The number of nitrogens with zero attached hydrogens (tertiary/aromatic N) is 1. The average molecular weight is 560 g/mol. The van der Waals surface area contributed by atoms with Crippen LogP contribution in [0.25, 0.3) is 33.5 Å². The predicted molar refractivity (Wildman–Crippen MR) is 180 cm³/mol. The van der Waals surface area contributed by atoms with Crippen LogP contribution in [0.5, 0.6) is 0 Å². The van der Waals surface area contributed by atoms with Crippen molar-refractivity contribution >= 4 is 0 Å². The lowest BCUT2D eigenvalue weighted by Gasteiger charge is -2.44. The molecule has 0 aliphatic heterocycles. The zero-order chi connectivity index (χ0) is 29.7. The molecule has 0 N–H and O–H groups in total. The minimum absolute atomic E-state index is 0.00251. The highest BCUT2D eigenvalue weighted by molar-refractivity contribution is 5.84. The predicted octanol–water partition coefficient (Wildman–Crippen LogP) is 10.6. The molecule has 0 saturated carbocycles. The smallest absolute Gasteiger partial charge is 0.0705 e. The molecule has 0 bridgehead atoms. The van der Waals surface area contributed by atoms with Crippen LogP contribution in [0.4, 0.5) is 0 Å². The molecule has 1 heteroatoms. The van der Waals surface area contributed by atoms with Gasteiger partial charge in [0.1, 0.15) is 0 Å². The van der Waals surface area contributed by atoms with Crippen molar-refractivity contribution in [2.75, 3.05) is 0 Å². The molecule has 43 heavy (non-hydrogen) atoms. The summed E-state index contributed by atoms with van der Waals surface area (Å²) in [6.45, 7) is 14.3. The molecule has 214 valence electrons. The lowest BCUT2D eigenvalue weighted by Crippen LogP contribution is -2.36. The van der Waals surface area contributed by atoms with Crippen LogP contribution < -0.4 is 0 Å². The van der Waals surface area contributed by atoms with Gasteiger partial charge in [-0.05, 0) is 117 Å². The maximum atomic E-state index is 4.95. The third kappa shape index (κ3) is 3.80. The van der Waals surface area contributed by atoms with E-state index in [-0.39, 0.29) is 16.2 Å². The molecule has 0 atom stereocenters. The summed E-state index contributed by atoms with van der Waals surface area (Å²) in [5.41, 5.74) is 19.0. The zero-order valence-electron chi connectivity index (χ0n) is 26.4. The molecule has 1 heterocycles. The largest absolute Gasteiger partial charge is 0.256 e. The second-order valence-corrected chi connectivity index (χ2v) is 14.7. The Morgan fingerprint density at radius 3 is 1.74 bits per heavy atom. The first-order valence-electron chi connectivity index (χ1n) is 16.1. The van der Waals surface area contributed by atoms with Crippen LogP contribution in [-0.4, -0.2) is 4.98 Å². The molecule has 1 nitrogen and oxygen atoms in total. The minimum atomic E-state index is -0.132. The van der Waals surface area contributed by atoms with Gasteiger partial charge < -0.3 is 0 Å². The van der Waals surface area contributed by atoms with Crippen LogP contribution in [-0.2, 0) is 29.1 Å². The number of aromatic nitrogens is 1. The van der Waals surface area contributed by atoms with E-state index in [0.717, 1.165) is 5.69 Å². The van der Waals surface area contributed by atoms with Gasteiger partial charge in [-0.3, -0.25) is 4.98 Å². The third-order valence-corrected chi connectivity index (χ3v) is 11.2. The number of benzene rings is 4. The van der Waals surface area contributed by atoms with Gasteiger partial charge in [0.25, 0.3) is 0 Å². The standard InChI is InChI=1S/C42H41N/c1-40(2)33-14-10-9-13-31(33)32-18-15-27(21-36(32)40)28-16-19-34-37(22-28)42(5,6)38-23-29(17-20-35(38)41(34,3)4)39-24-26-11-7-8-12-30(26)25-43-39/h9-10,13-25H,7-8,11-12H2,1-6H3. The number of pyridine rings is 1. The van der Waals surface area contributed by atoms with Crippen molar-refractivity contribution in [2.45, 2.75) is 83.5 Å². The van der Waals surface area contributed by atoms with Crippen LogP contribution in [0.15, 0.2) is 91.1 Å². The van der Waals surface area contributed by atoms with Gasteiger partial charge in [-0.1, -0.05) is 102 Å². The number of hydrogen-bond acceptors (Lipinski definition) is 1. The van der Waals surface area contributed by atoms with E-state index in [1.165, 1.54) is 98.0 Å². The number of rotatable bonds is 2. The Kier molecular flexibility index (Phi) is 5.59. The maximum absolute atomic E-state index is 4.95. The highest BCUT2D eigenvalue weighted by atomic mass is 14.7. The highest BCUT2D eigenvalue weighted by Gasteiger charge is 2.42. The van der Waals surface area contributed by atoms with Crippen molar-refractivity contribution in [3.8, 4) is 33.5 Å². The summed E-state index contributed by atoms with van der Waals surface area (Å²) in [7, 11) is 0. The Labute approximate surface area is 257 Å². The number of hydrogen-bond donors (Lipinski definition) is 0. The summed E-state index contributed by atoms with van der Waals surface area (Å²) < 4.78 is 0. The molecule has 8 rings (SSSR count). The first-order valence-corrected chi connectivity index (χ1v) is 16.1. The van der Waals surface area contributed by atoms with E-state index in [0.29, 0.717) is 0 Å². The van der Waals surface area contributed by atoms with Gasteiger partial charge in [0.15, 0.2) is 0 Å². The molecule has 3 aliphatic carbocycles. The van der Waals surface area contributed by atoms with Gasteiger partial charge in [-0.15, -0.1) is 0 Å². The van der Waals surface area contributed by atoms with E-state index in [2.05, 4.69) is 133 Å². The van der Waals surface area contributed by atoms with Gasteiger partial charge in [0.2, 0.25) is 0 Å². The van der Waals surface area contributed by atoms with E-state index in [4.69, 9.17) is 4.98 Å². The second-order valence-electron chi connectivity index (χ2n) is 14.7. The van der Waals surface area contributed by atoms with Crippen LogP contribution in [0, 0.1) is 0 Å². The summed E-state index contributed by atoms with van der Waals surface area (Å²) in [6.07, 6.45) is 7.05. The monoisotopic (exact) mass is 559 g/mol. The molecule has 5 aromatic rings. The molecule has 0 radical (unpaired) electrons. The molecule has 0 spiro atoms. The molecule has 0 unspecified atom stereocenters. The summed E-state index contributed by atoms with van der Waals surface area (Å²) >= 11 is 0. The SMILES string of the molecule is CC1(C)c2ccccc2-c2ccc(-c3ccc4c(c3)C(C)(C)c3cc(-c5cc6c(cn5)CCCC6)ccc3C4(C)C)cc21. The Balaban J connectivity index is 1.23. The normalized spacial score (nSPS) is 18.2. The fourth-order valence-electron chi connectivity index (χ4n) is 8.50. The Bertz CT molecular complexity index is 1950. The molecule has 0 amide bonds. The Morgan fingerprint density at radius 1 is 0.465 bits per heavy atom. The average Bonchev–Trinajstić information content (AvgIpc) is 3.25. The first kappa shape index (κ1) is 26.6. The van der Waals surface area contributed by atoms with Crippen molar-refractivity contribution in [1.29, 1.82) is 0 Å². The second kappa shape index (κ2) is 9.02. The van der Waals surface area contributed by atoms with Gasteiger partial charge in [0, 0.05) is 28.0 Å². The van der Waals surface area contributed by atoms with Gasteiger partial charge in [0.05, 0.1) is 5.69 Å². The van der Waals surface area contributed by atoms with Crippen molar-refractivity contribution < 1.29 is 0 Å². The molecule has 4 aromatic carbocycles. The van der Waals surface area contributed by atoms with E-state index in [9.17, 15) is 0 Å². The molecule has 0 fully saturated rings. The quantitative estimate of drug-likeness (QED) is 0.210. The number of fused-ring (bicyclic) bond motifs is 6. The van der Waals surface area contributed by atoms with Gasteiger partial charge in [-0.25, -0.2) is 0 Å². The minimum Gasteiger partial charge on any atom is -0.256 e. The van der Waals surface area contributed by atoms with Crippen LogP contribution >= 0.6 is 0 Å². The fourth-order valence-corrected chi connectivity index (χ4v) is 8.50. The van der Waals surface area contributed by atoms with Crippen LogP contribution in [0.1, 0.15) is 98.9 Å². The molecule has 0 saturated heterocycles. The molecular weight excluding hydrogens is 518 g/mol. The zero-order valence-corrected chi connectivity index (χ0v) is 26.4. The lowest BCUT2D eigenvalue weighted by atomic mass is 9.59. The molecular formula is C42H41N. The van der Waals surface area contributed by atoms with Crippen molar-refractivity contribution in [2.24, 2.45) is 0 Å². The topological polar surface area (TPSA) is 12.9 Å². The molecule has 3 aliphatic rings. The van der Waals surface area contributed by atoms with E-state index < -0.39 is 0 Å². The molecule has 1 aromatic heterocycles. The van der Waals surface area contributed by atoms with Crippen molar-refractivity contribution in [1.82, 2.24) is 4.98 Å². The lowest BCUT2D eigenvalue weighted by molar-refractivity contribution is 0.521. The van der Waals surface area contributed by atoms with Crippen LogP contribution in [0.3, 0.4) is 0 Å². The maximum Gasteiger partial charge on any atom is 0.0705 e. The van der Waals surface area contributed by atoms with E-state index in [1.807, 2.05) is 0 Å². The van der Waals surface area contributed by atoms with Crippen molar-refractivity contribution in [3.63, 3.8) is 0 Å². The summed E-state index contributed by atoms with van der Waals surface area (Å²) in [5, 5.41) is 0. The Morgan fingerprint density at radius 2 is 1.00 bits per heavy atom. The van der Waals surface area contributed by atoms with Crippen LogP contribution in [0.2, 0.25) is 0 Å². The Hall–Kier alpha value is -3.97. The van der Waals surface area contributed by atoms with Gasteiger partial charge >= 0.3 is 0 Å². The highest BCUT2D eigenvalue weighted by Crippen LogP contribution is 2.53. The summed E-state index contributed by atoms with van der Waals surface area (Å²) in [4.78, 5) is 4.95. The van der Waals surface area contributed by atoms with E-state index in [1.54, 1.807) is 0 Å². The van der Waals surface area contributed by atoms with Gasteiger partial charge in [-0.2, -0.15) is 0 Å².